The van der Waals surface area contributed by atoms with Crippen LogP contribution in [0, 0.1) is 4.64 Å². The molecular weight excluding hydrogens is 567 g/mol. The van der Waals surface area contributed by atoms with Crippen molar-refractivity contribution >= 4 is 61.2 Å². The van der Waals surface area contributed by atoms with Crippen LogP contribution in [-0.2, 0) is 10.0 Å². The highest BCUT2D eigenvalue weighted by Gasteiger charge is 2.18. The fraction of sp³-hybridized carbons (Fsp3) is 0. The van der Waals surface area contributed by atoms with E-state index in [0.29, 0.717) is 33.8 Å². The van der Waals surface area contributed by atoms with Crippen LogP contribution in [0.25, 0.3) is 28.0 Å². The van der Waals surface area contributed by atoms with Crippen molar-refractivity contribution in [1.82, 2.24) is 24.4 Å². The molecule has 0 aliphatic rings. The van der Waals surface area contributed by atoms with Crippen LogP contribution < -0.4 is 10.5 Å². The summed E-state index contributed by atoms with van der Waals surface area (Å²) >= 11 is 6.98. The van der Waals surface area contributed by atoms with Gasteiger partial charge in [0.1, 0.15) is 11.5 Å². The fourth-order valence-corrected chi connectivity index (χ4v) is 6.01. The molecule has 0 aliphatic heterocycles. The quantitative estimate of drug-likeness (QED) is 0.172. The van der Waals surface area contributed by atoms with Crippen LogP contribution in [0.1, 0.15) is 0 Å². The Hall–Kier alpha value is -4.79. The van der Waals surface area contributed by atoms with Crippen LogP contribution in [0.15, 0.2) is 112 Å². The molecule has 40 heavy (non-hydrogen) atoms. The molecule has 0 saturated carbocycles. The Morgan fingerprint density at radius 3 is 2.48 bits per heavy atom. The SMILES string of the molecule is Nc1c(-c2nc3ccccc3n(N=Nc3ccc(S(=O)(=O)Nc4nccs4)cc3)c2=S)cnn1-c1ccccc1. The lowest BCUT2D eigenvalue weighted by Crippen LogP contribution is -2.12. The lowest BCUT2D eigenvalue weighted by atomic mass is 10.2. The highest BCUT2D eigenvalue weighted by atomic mass is 32.2. The first-order chi connectivity index (χ1) is 19.4. The normalized spacial score (nSPS) is 11.8. The van der Waals surface area contributed by atoms with Crippen molar-refractivity contribution in [1.29, 1.82) is 0 Å². The summed E-state index contributed by atoms with van der Waals surface area (Å²) in [6, 6.07) is 22.9. The maximum absolute atomic E-state index is 12.6. The first kappa shape index (κ1) is 25.5. The van der Waals surface area contributed by atoms with Gasteiger partial charge in [-0.05, 0) is 48.5 Å². The van der Waals surface area contributed by atoms with Gasteiger partial charge in [0.05, 0.1) is 39.1 Å². The van der Waals surface area contributed by atoms with Crippen LogP contribution in [0.2, 0.25) is 0 Å². The predicted molar refractivity (Wildman–Crippen MR) is 157 cm³/mol. The Balaban J connectivity index is 1.37. The molecule has 0 aliphatic carbocycles. The Morgan fingerprint density at radius 1 is 0.975 bits per heavy atom. The number of hydrogen-bond donors (Lipinski definition) is 2. The number of rotatable bonds is 7. The van der Waals surface area contributed by atoms with E-state index >= 15 is 0 Å². The zero-order valence-electron chi connectivity index (χ0n) is 20.5. The van der Waals surface area contributed by atoms with E-state index < -0.39 is 10.0 Å². The van der Waals surface area contributed by atoms with Gasteiger partial charge in [-0.15, -0.1) is 16.5 Å². The average molecular weight is 586 g/mol. The smallest absolute Gasteiger partial charge is 0.263 e. The highest BCUT2D eigenvalue weighted by Crippen LogP contribution is 2.30. The van der Waals surface area contributed by atoms with E-state index in [4.69, 9.17) is 22.9 Å². The number of para-hydroxylation sites is 3. The second kappa shape index (κ2) is 10.4. The first-order valence-electron chi connectivity index (χ1n) is 11.8. The number of fused-ring (bicyclic) bond motifs is 1. The van der Waals surface area contributed by atoms with E-state index in [0.717, 1.165) is 5.69 Å². The second-order valence-corrected chi connectivity index (χ2v) is 11.3. The van der Waals surface area contributed by atoms with Crippen LogP contribution >= 0.6 is 23.6 Å². The largest absolute Gasteiger partial charge is 0.383 e. The summed E-state index contributed by atoms with van der Waals surface area (Å²) in [4.78, 5) is 8.79. The van der Waals surface area contributed by atoms with E-state index in [-0.39, 0.29) is 14.7 Å². The minimum atomic E-state index is -3.79. The molecule has 0 amide bonds. The van der Waals surface area contributed by atoms with Crippen LogP contribution in [-0.4, -0.2) is 32.8 Å². The summed E-state index contributed by atoms with van der Waals surface area (Å²) in [5, 5.41) is 15.1. The van der Waals surface area contributed by atoms with Gasteiger partial charge in [0, 0.05) is 11.6 Å². The number of benzene rings is 3. The molecule has 6 aromatic rings. The standard InChI is InChI=1S/C26H19N9O2S3/c27-24-20(16-29-34(24)18-6-2-1-3-7-18)23-25(38)35(22-9-5-4-8-21(22)30-23)33-31-17-10-12-19(13-11-17)40(36,37)32-26-28-14-15-39-26/h1-16H,27H2,(H,28,32). The number of thiazole rings is 1. The fourth-order valence-electron chi connectivity index (χ4n) is 3.93. The Morgan fingerprint density at radius 2 is 1.73 bits per heavy atom. The molecule has 6 rings (SSSR count). The lowest BCUT2D eigenvalue weighted by molar-refractivity contribution is 0.601. The molecule has 0 radical (unpaired) electrons. The predicted octanol–water partition coefficient (Wildman–Crippen LogP) is 6.00. The number of aromatic nitrogens is 5. The number of nitrogens with one attached hydrogen (secondary N) is 1. The average Bonchev–Trinajstić information content (AvgIpc) is 3.62. The molecule has 3 aromatic heterocycles. The van der Waals surface area contributed by atoms with Crippen molar-refractivity contribution in [2.45, 2.75) is 4.90 Å². The maximum atomic E-state index is 12.6. The van der Waals surface area contributed by atoms with Crippen LogP contribution in [0.5, 0.6) is 0 Å². The Labute approximate surface area is 237 Å². The number of nitrogens with zero attached hydrogens (tertiary/aromatic N) is 7. The summed E-state index contributed by atoms with van der Waals surface area (Å²) in [6.45, 7) is 0. The van der Waals surface area contributed by atoms with Gasteiger partial charge in [-0.1, -0.05) is 47.8 Å². The van der Waals surface area contributed by atoms with Gasteiger partial charge >= 0.3 is 0 Å². The van der Waals surface area contributed by atoms with Crippen molar-refractivity contribution < 1.29 is 8.42 Å². The molecule has 0 atom stereocenters. The van der Waals surface area contributed by atoms with E-state index in [9.17, 15) is 8.42 Å². The molecule has 0 saturated heterocycles. The number of hydrogen-bond acceptors (Lipinski definition) is 10. The summed E-state index contributed by atoms with van der Waals surface area (Å²) in [5.74, 6) is 0.381. The van der Waals surface area contributed by atoms with Crippen LogP contribution in [0.3, 0.4) is 0 Å². The summed E-state index contributed by atoms with van der Waals surface area (Å²) in [5.41, 5.74) is 9.97. The summed E-state index contributed by atoms with van der Waals surface area (Å²) < 4.78 is 31.1. The van der Waals surface area contributed by atoms with E-state index in [1.165, 1.54) is 34.3 Å². The van der Waals surface area contributed by atoms with Crippen molar-refractivity contribution in [3.8, 4) is 16.9 Å². The molecular formula is C26H19N9O2S3. The third kappa shape index (κ3) is 4.86. The zero-order valence-corrected chi connectivity index (χ0v) is 22.9. The lowest BCUT2D eigenvalue weighted by Gasteiger charge is -2.09. The molecule has 0 unspecified atom stereocenters. The monoisotopic (exact) mass is 585 g/mol. The molecule has 3 N–H and O–H groups in total. The molecule has 0 spiro atoms. The van der Waals surface area contributed by atoms with E-state index in [1.807, 2.05) is 54.6 Å². The van der Waals surface area contributed by atoms with Gasteiger partial charge in [-0.25, -0.2) is 23.1 Å². The van der Waals surface area contributed by atoms with Crippen molar-refractivity contribution in [3.05, 3.63) is 101 Å². The second-order valence-electron chi connectivity index (χ2n) is 8.38. The highest BCUT2D eigenvalue weighted by molar-refractivity contribution is 7.93. The third-order valence-corrected chi connectivity index (χ3v) is 8.39. The molecule has 198 valence electrons. The van der Waals surface area contributed by atoms with Gasteiger partial charge in [-0.2, -0.15) is 9.77 Å². The Kier molecular flexibility index (Phi) is 6.63. The van der Waals surface area contributed by atoms with Crippen LogP contribution in [0.4, 0.5) is 16.6 Å². The van der Waals surface area contributed by atoms with Crippen molar-refractivity contribution in [2.24, 2.45) is 10.3 Å². The van der Waals surface area contributed by atoms with Crippen molar-refractivity contribution in [2.75, 3.05) is 10.5 Å². The minimum Gasteiger partial charge on any atom is -0.383 e. The third-order valence-electron chi connectivity index (χ3n) is 5.85. The molecule has 11 nitrogen and oxygen atoms in total. The maximum Gasteiger partial charge on any atom is 0.263 e. The van der Waals surface area contributed by atoms with Gasteiger partial charge in [0.25, 0.3) is 10.0 Å². The molecule has 0 bridgehead atoms. The molecule has 3 heterocycles. The summed E-state index contributed by atoms with van der Waals surface area (Å²) in [7, 11) is -3.79. The van der Waals surface area contributed by atoms with Gasteiger partial charge in [0.2, 0.25) is 0 Å². The minimum absolute atomic E-state index is 0.0702. The van der Waals surface area contributed by atoms with Gasteiger partial charge in [0.15, 0.2) is 9.77 Å². The topological polar surface area (TPSA) is 145 Å². The van der Waals surface area contributed by atoms with Gasteiger partial charge < -0.3 is 5.73 Å². The summed E-state index contributed by atoms with van der Waals surface area (Å²) in [6.07, 6.45) is 3.14. The molecule has 14 heteroatoms. The van der Waals surface area contributed by atoms with E-state index in [1.54, 1.807) is 28.4 Å². The first-order valence-corrected chi connectivity index (χ1v) is 14.5. The van der Waals surface area contributed by atoms with Crippen molar-refractivity contribution in [3.63, 3.8) is 0 Å². The number of nitrogen functional groups attached to an aromatic ring is 1. The zero-order chi connectivity index (χ0) is 27.7. The van der Waals surface area contributed by atoms with Gasteiger partial charge in [-0.3, -0.25) is 4.72 Å². The number of nitrogens with two attached hydrogens (primary N) is 1. The molecule has 0 fully saturated rings. The number of anilines is 2. The Bertz CT molecular complexity index is 2020. The van der Waals surface area contributed by atoms with E-state index in [2.05, 4.69) is 25.1 Å². The number of sulfonamides is 1. The molecule has 3 aromatic carbocycles.